The van der Waals surface area contributed by atoms with Crippen LogP contribution in [0.2, 0.25) is 10.0 Å². The van der Waals surface area contributed by atoms with Crippen molar-refractivity contribution in [1.82, 2.24) is 15.2 Å². The molecule has 8 heteroatoms. The van der Waals surface area contributed by atoms with Crippen LogP contribution in [0.15, 0.2) is 48.7 Å². The highest BCUT2D eigenvalue weighted by atomic mass is 35.5. The SMILES string of the molecule is COc1ccc(Nc2nncc(Nc3ccc(Cl)c(Cl)c3)n2)cc1. The highest BCUT2D eigenvalue weighted by molar-refractivity contribution is 6.42. The van der Waals surface area contributed by atoms with Gasteiger partial charge in [0.2, 0.25) is 5.95 Å². The molecule has 0 aliphatic rings. The molecule has 0 amide bonds. The van der Waals surface area contributed by atoms with Crippen LogP contribution in [0.4, 0.5) is 23.1 Å². The molecule has 6 nitrogen and oxygen atoms in total. The van der Waals surface area contributed by atoms with Gasteiger partial charge in [-0.2, -0.15) is 10.1 Å². The van der Waals surface area contributed by atoms with E-state index in [0.29, 0.717) is 21.8 Å². The Morgan fingerprint density at radius 3 is 2.38 bits per heavy atom. The normalized spacial score (nSPS) is 10.3. The van der Waals surface area contributed by atoms with Crippen molar-refractivity contribution in [2.45, 2.75) is 0 Å². The Hall–Kier alpha value is -2.57. The second-order valence-corrected chi connectivity index (χ2v) is 5.59. The molecule has 3 rings (SSSR count). The van der Waals surface area contributed by atoms with Gasteiger partial charge in [0.1, 0.15) is 5.75 Å². The molecule has 0 unspecified atom stereocenters. The molecular weight excluding hydrogens is 349 g/mol. The van der Waals surface area contributed by atoms with Gasteiger partial charge in [0.05, 0.1) is 23.4 Å². The van der Waals surface area contributed by atoms with E-state index >= 15 is 0 Å². The van der Waals surface area contributed by atoms with E-state index in [4.69, 9.17) is 27.9 Å². The van der Waals surface area contributed by atoms with Gasteiger partial charge >= 0.3 is 0 Å². The van der Waals surface area contributed by atoms with E-state index < -0.39 is 0 Å². The summed E-state index contributed by atoms with van der Waals surface area (Å²) in [6.07, 6.45) is 1.52. The van der Waals surface area contributed by atoms with Gasteiger partial charge in [0.25, 0.3) is 0 Å². The minimum atomic E-state index is 0.366. The highest BCUT2D eigenvalue weighted by Gasteiger charge is 2.04. The summed E-state index contributed by atoms with van der Waals surface area (Å²) in [6, 6.07) is 12.6. The molecule has 0 saturated heterocycles. The lowest BCUT2D eigenvalue weighted by Crippen LogP contribution is -2.02. The van der Waals surface area contributed by atoms with E-state index in [9.17, 15) is 0 Å². The lowest BCUT2D eigenvalue weighted by molar-refractivity contribution is 0.415. The van der Waals surface area contributed by atoms with Crippen molar-refractivity contribution in [3.8, 4) is 5.75 Å². The summed E-state index contributed by atoms with van der Waals surface area (Å²) in [5.41, 5.74) is 1.57. The van der Waals surface area contributed by atoms with Crippen molar-refractivity contribution in [2.24, 2.45) is 0 Å². The fraction of sp³-hybridized carbons (Fsp3) is 0.0625. The minimum Gasteiger partial charge on any atom is -0.497 e. The minimum absolute atomic E-state index is 0.366. The number of halogens is 2. The van der Waals surface area contributed by atoms with Crippen LogP contribution in [0.1, 0.15) is 0 Å². The van der Waals surface area contributed by atoms with Crippen molar-refractivity contribution >= 4 is 46.3 Å². The maximum absolute atomic E-state index is 6.00. The summed E-state index contributed by atoms with van der Waals surface area (Å²) >= 11 is 11.9. The van der Waals surface area contributed by atoms with Crippen molar-refractivity contribution in [2.75, 3.05) is 17.7 Å². The molecule has 0 aliphatic carbocycles. The molecule has 0 fully saturated rings. The monoisotopic (exact) mass is 361 g/mol. The quantitative estimate of drug-likeness (QED) is 0.687. The summed E-state index contributed by atoms with van der Waals surface area (Å²) in [4.78, 5) is 4.35. The van der Waals surface area contributed by atoms with E-state index in [1.807, 2.05) is 24.3 Å². The van der Waals surface area contributed by atoms with E-state index in [2.05, 4.69) is 25.8 Å². The maximum atomic E-state index is 6.00. The van der Waals surface area contributed by atoms with Crippen LogP contribution in [0.3, 0.4) is 0 Å². The zero-order valence-corrected chi connectivity index (χ0v) is 14.1. The lowest BCUT2D eigenvalue weighted by Gasteiger charge is -2.08. The lowest BCUT2D eigenvalue weighted by atomic mass is 10.3. The number of anilines is 4. The zero-order chi connectivity index (χ0) is 16.9. The Labute approximate surface area is 148 Å². The van der Waals surface area contributed by atoms with Gasteiger partial charge in [-0.05, 0) is 42.5 Å². The number of methoxy groups -OCH3 is 1. The van der Waals surface area contributed by atoms with Gasteiger partial charge in [0, 0.05) is 11.4 Å². The number of nitrogens with zero attached hydrogens (tertiary/aromatic N) is 3. The van der Waals surface area contributed by atoms with Crippen LogP contribution in [-0.2, 0) is 0 Å². The van der Waals surface area contributed by atoms with Gasteiger partial charge < -0.3 is 15.4 Å². The molecular formula is C16H13Cl2N5O. The van der Waals surface area contributed by atoms with Crippen LogP contribution in [0.25, 0.3) is 0 Å². The van der Waals surface area contributed by atoms with Crippen LogP contribution >= 0.6 is 23.2 Å². The Morgan fingerprint density at radius 2 is 1.67 bits per heavy atom. The Bertz CT molecular complexity index is 842. The third-order valence-corrected chi connectivity index (χ3v) is 3.84. The summed E-state index contributed by atoms with van der Waals surface area (Å²) in [7, 11) is 1.62. The molecule has 0 atom stereocenters. The smallest absolute Gasteiger partial charge is 0.249 e. The number of hydrogen-bond donors (Lipinski definition) is 2. The third kappa shape index (κ3) is 4.04. The molecule has 3 aromatic rings. The first kappa shape index (κ1) is 16.3. The topological polar surface area (TPSA) is 72.0 Å². The third-order valence-electron chi connectivity index (χ3n) is 3.10. The Morgan fingerprint density at radius 1 is 0.917 bits per heavy atom. The standard InChI is InChI=1S/C16H13Cl2N5O/c1-24-12-5-2-10(3-6-12)21-16-22-15(9-19-23-16)20-11-4-7-13(17)14(18)8-11/h2-9H,1H3,(H2,20,21,22,23). The molecule has 1 aromatic heterocycles. The van der Waals surface area contributed by atoms with E-state index in [1.165, 1.54) is 6.20 Å². The molecule has 0 aliphatic heterocycles. The van der Waals surface area contributed by atoms with Crippen LogP contribution in [-0.4, -0.2) is 22.3 Å². The number of ether oxygens (including phenoxy) is 1. The predicted molar refractivity (Wildman–Crippen MR) is 95.8 cm³/mol. The van der Waals surface area contributed by atoms with Crippen molar-refractivity contribution in [3.63, 3.8) is 0 Å². The summed E-state index contributed by atoms with van der Waals surface area (Å²) < 4.78 is 5.12. The molecule has 2 aromatic carbocycles. The fourth-order valence-corrected chi connectivity index (χ4v) is 2.24. The van der Waals surface area contributed by atoms with Gasteiger partial charge in [-0.1, -0.05) is 23.2 Å². The fourth-order valence-electron chi connectivity index (χ4n) is 1.94. The van der Waals surface area contributed by atoms with Gasteiger partial charge in [0.15, 0.2) is 5.82 Å². The van der Waals surface area contributed by atoms with Gasteiger partial charge in [-0.3, -0.25) is 0 Å². The number of rotatable bonds is 5. The number of benzene rings is 2. The average molecular weight is 362 g/mol. The predicted octanol–water partition coefficient (Wildman–Crippen LogP) is 4.67. The van der Waals surface area contributed by atoms with Gasteiger partial charge in [-0.25, -0.2) is 0 Å². The van der Waals surface area contributed by atoms with Crippen LogP contribution in [0.5, 0.6) is 5.75 Å². The number of hydrogen-bond acceptors (Lipinski definition) is 6. The number of aromatic nitrogens is 3. The van der Waals surface area contributed by atoms with Crippen LogP contribution in [0, 0.1) is 0 Å². The Balaban J connectivity index is 1.74. The van der Waals surface area contributed by atoms with E-state index in [-0.39, 0.29) is 0 Å². The first-order valence-corrected chi connectivity index (χ1v) is 7.72. The Kier molecular flexibility index (Phi) is 4.98. The van der Waals surface area contributed by atoms with E-state index in [1.54, 1.807) is 25.3 Å². The molecule has 0 spiro atoms. The average Bonchev–Trinajstić information content (AvgIpc) is 2.59. The molecule has 1 heterocycles. The van der Waals surface area contributed by atoms with Crippen molar-refractivity contribution in [1.29, 1.82) is 0 Å². The molecule has 2 N–H and O–H groups in total. The van der Waals surface area contributed by atoms with E-state index in [0.717, 1.165) is 17.1 Å². The second kappa shape index (κ2) is 7.33. The first-order chi connectivity index (χ1) is 11.6. The zero-order valence-electron chi connectivity index (χ0n) is 12.6. The molecule has 0 saturated carbocycles. The van der Waals surface area contributed by atoms with Crippen molar-refractivity contribution < 1.29 is 4.74 Å². The van der Waals surface area contributed by atoms with Gasteiger partial charge in [-0.15, -0.1) is 5.10 Å². The summed E-state index contributed by atoms with van der Waals surface area (Å²) in [5, 5.41) is 15.0. The molecule has 24 heavy (non-hydrogen) atoms. The largest absolute Gasteiger partial charge is 0.497 e. The maximum Gasteiger partial charge on any atom is 0.249 e. The number of nitrogens with one attached hydrogen (secondary N) is 2. The summed E-state index contributed by atoms with van der Waals surface area (Å²) in [5.74, 6) is 1.67. The second-order valence-electron chi connectivity index (χ2n) is 4.77. The van der Waals surface area contributed by atoms with Crippen molar-refractivity contribution in [3.05, 3.63) is 58.7 Å². The summed E-state index contributed by atoms with van der Waals surface area (Å²) in [6.45, 7) is 0. The molecule has 122 valence electrons. The highest BCUT2D eigenvalue weighted by Crippen LogP contribution is 2.26. The molecule has 0 bridgehead atoms. The first-order valence-electron chi connectivity index (χ1n) is 6.97. The van der Waals surface area contributed by atoms with Crippen LogP contribution < -0.4 is 15.4 Å². The molecule has 0 radical (unpaired) electrons.